The summed E-state index contributed by atoms with van der Waals surface area (Å²) in [4.78, 5) is 12.6. The van der Waals surface area contributed by atoms with E-state index in [1.165, 1.54) is 11.8 Å². The number of hydrogen-bond acceptors (Lipinski definition) is 3. The second kappa shape index (κ2) is 5.80. The van der Waals surface area contributed by atoms with Gasteiger partial charge in [-0.25, -0.2) is 0 Å². The molecule has 0 fully saturated rings. The first kappa shape index (κ1) is 12.9. The lowest BCUT2D eigenvalue weighted by Crippen LogP contribution is -2.35. The fourth-order valence-electron chi connectivity index (χ4n) is 1.23. The summed E-state index contributed by atoms with van der Waals surface area (Å²) in [5.74, 6) is 0.0447. The molecule has 1 atom stereocenters. The zero-order valence-electron chi connectivity index (χ0n) is 9.86. The SMILES string of the molecule is CC(C)NC(=O)C(C)Sc1ccccc1N. The van der Waals surface area contributed by atoms with Crippen molar-refractivity contribution >= 4 is 23.4 Å². The molecular formula is C12H18N2OS. The maximum Gasteiger partial charge on any atom is 0.233 e. The van der Waals surface area contributed by atoms with Crippen LogP contribution in [0, 0.1) is 0 Å². The highest BCUT2D eigenvalue weighted by Gasteiger charge is 2.15. The fourth-order valence-corrected chi connectivity index (χ4v) is 2.15. The van der Waals surface area contributed by atoms with Gasteiger partial charge in [-0.05, 0) is 32.9 Å². The Morgan fingerprint density at radius 1 is 1.31 bits per heavy atom. The highest BCUT2D eigenvalue weighted by atomic mass is 32.2. The van der Waals surface area contributed by atoms with Crippen molar-refractivity contribution in [2.75, 3.05) is 5.73 Å². The summed E-state index contributed by atoms with van der Waals surface area (Å²) in [7, 11) is 0. The molecule has 0 aliphatic carbocycles. The Morgan fingerprint density at radius 2 is 1.94 bits per heavy atom. The zero-order chi connectivity index (χ0) is 12.1. The molecule has 3 N–H and O–H groups in total. The Balaban J connectivity index is 2.61. The minimum Gasteiger partial charge on any atom is -0.398 e. The molecule has 16 heavy (non-hydrogen) atoms. The first-order valence-corrected chi connectivity index (χ1v) is 6.20. The molecule has 3 nitrogen and oxygen atoms in total. The van der Waals surface area contributed by atoms with E-state index in [4.69, 9.17) is 5.73 Å². The molecule has 1 aromatic rings. The summed E-state index contributed by atoms with van der Waals surface area (Å²) in [6.45, 7) is 5.78. The Labute approximate surface area is 101 Å². The molecule has 1 unspecified atom stereocenters. The largest absolute Gasteiger partial charge is 0.398 e. The third kappa shape index (κ3) is 3.77. The van der Waals surface area contributed by atoms with E-state index in [0.29, 0.717) is 0 Å². The normalized spacial score (nSPS) is 12.5. The summed E-state index contributed by atoms with van der Waals surface area (Å²) in [6, 6.07) is 7.75. The molecule has 4 heteroatoms. The van der Waals surface area contributed by atoms with Gasteiger partial charge in [-0.2, -0.15) is 0 Å². The third-order valence-electron chi connectivity index (χ3n) is 2.02. The van der Waals surface area contributed by atoms with E-state index in [9.17, 15) is 4.79 Å². The number of anilines is 1. The smallest absolute Gasteiger partial charge is 0.233 e. The first-order chi connectivity index (χ1) is 7.50. The fraction of sp³-hybridized carbons (Fsp3) is 0.417. The van der Waals surface area contributed by atoms with Gasteiger partial charge in [0.1, 0.15) is 0 Å². The van der Waals surface area contributed by atoms with Gasteiger partial charge < -0.3 is 11.1 Å². The molecule has 1 amide bonds. The van der Waals surface area contributed by atoms with Gasteiger partial charge >= 0.3 is 0 Å². The second-order valence-electron chi connectivity index (χ2n) is 3.96. The van der Waals surface area contributed by atoms with Crippen LogP contribution in [-0.4, -0.2) is 17.2 Å². The van der Waals surface area contributed by atoms with E-state index < -0.39 is 0 Å². The van der Waals surface area contributed by atoms with E-state index in [0.717, 1.165) is 10.6 Å². The molecule has 0 radical (unpaired) electrons. The monoisotopic (exact) mass is 238 g/mol. The molecule has 0 aliphatic rings. The Kier molecular flexibility index (Phi) is 4.68. The van der Waals surface area contributed by atoms with Crippen LogP contribution in [0.15, 0.2) is 29.2 Å². The standard InChI is InChI=1S/C12H18N2OS/c1-8(2)14-12(15)9(3)16-11-7-5-4-6-10(11)13/h4-9H,13H2,1-3H3,(H,14,15). The van der Waals surface area contributed by atoms with Gasteiger partial charge in [0.2, 0.25) is 5.91 Å². The molecule has 0 heterocycles. The molecule has 0 spiro atoms. The van der Waals surface area contributed by atoms with Crippen molar-refractivity contribution in [1.82, 2.24) is 5.32 Å². The highest BCUT2D eigenvalue weighted by molar-refractivity contribution is 8.00. The molecule has 1 rings (SSSR count). The van der Waals surface area contributed by atoms with Crippen LogP contribution in [0.25, 0.3) is 0 Å². The topological polar surface area (TPSA) is 55.1 Å². The van der Waals surface area contributed by atoms with Crippen molar-refractivity contribution < 1.29 is 4.79 Å². The number of nitrogens with two attached hydrogens (primary N) is 1. The number of rotatable bonds is 4. The Hall–Kier alpha value is -1.16. The predicted octanol–water partition coefficient (Wildman–Crippen LogP) is 2.27. The van der Waals surface area contributed by atoms with Crippen LogP contribution in [-0.2, 0) is 4.79 Å². The molecule has 88 valence electrons. The molecule has 0 aliphatic heterocycles. The number of nitrogens with one attached hydrogen (secondary N) is 1. The van der Waals surface area contributed by atoms with Crippen molar-refractivity contribution in [2.45, 2.75) is 37.0 Å². The van der Waals surface area contributed by atoms with Crippen LogP contribution in [0.4, 0.5) is 5.69 Å². The molecule has 0 saturated carbocycles. The van der Waals surface area contributed by atoms with Gasteiger partial charge in [0.05, 0.1) is 5.25 Å². The van der Waals surface area contributed by atoms with E-state index in [2.05, 4.69) is 5.32 Å². The zero-order valence-corrected chi connectivity index (χ0v) is 10.7. The van der Waals surface area contributed by atoms with Crippen molar-refractivity contribution in [2.24, 2.45) is 0 Å². The number of carbonyl (C=O) groups excluding carboxylic acids is 1. The van der Waals surface area contributed by atoms with Crippen molar-refractivity contribution in [3.63, 3.8) is 0 Å². The van der Waals surface area contributed by atoms with Crippen LogP contribution in [0.2, 0.25) is 0 Å². The van der Waals surface area contributed by atoms with Gasteiger partial charge in [0, 0.05) is 16.6 Å². The molecule has 0 saturated heterocycles. The van der Waals surface area contributed by atoms with Crippen LogP contribution < -0.4 is 11.1 Å². The predicted molar refractivity (Wildman–Crippen MR) is 69.5 cm³/mol. The number of hydrogen-bond donors (Lipinski definition) is 2. The van der Waals surface area contributed by atoms with Gasteiger partial charge in [0.15, 0.2) is 0 Å². The van der Waals surface area contributed by atoms with Crippen molar-refractivity contribution in [3.05, 3.63) is 24.3 Å². The maximum atomic E-state index is 11.7. The summed E-state index contributed by atoms with van der Waals surface area (Å²) in [5.41, 5.74) is 6.54. The minimum absolute atomic E-state index is 0.0447. The lowest BCUT2D eigenvalue weighted by Gasteiger charge is -2.14. The van der Waals surface area contributed by atoms with Gasteiger partial charge in [0.25, 0.3) is 0 Å². The average molecular weight is 238 g/mol. The lowest BCUT2D eigenvalue weighted by atomic mass is 10.3. The van der Waals surface area contributed by atoms with Crippen LogP contribution >= 0.6 is 11.8 Å². The Morgan fingerprint density at radius 3 is 2.50 bits per heavy atom. The number of carbonyl (C=O) groups is 1. The van der Waals surface area contributed by atoms with E-state index in [-0.39, 0.29) is 17.2 Å². The summed E-state index contributed by atoms with van der Waals surface area (Å²) in [6.07, 6.45) is 0. The van der Waals surface area contributed by atoms with E-state index in [1.54, 1.807) is 0 Å². The number of para-hydroxylation sites is 1. The molecule has 0 bridgehead atoms. The Bertz CT molecular complexity index is 366. The van der Waals surface area contributed by atoms with Gasteiger partial charge in [-0.3, -0.25) is 4.79 Å². The van der Waals surface area contributed by atoms with Crippen LogP contribution in [0.5, 0.6) is 0 Å². The molecule has 1 aromatic carbocycles. The van der Waals surface area contributed by atoms with E-state index in [1.807, 2.05) is 45.0 Å². The van der Waals surface area contributed by atoms with Crippen LogP contribution in [0.1, 0.15) is 20.8 Å². The lowest BCUT2D eigenvalue weighted by molar-refractivity contribution is -0.120. The second-order valence-corrected chi connectivity index (χ2v) is 5.34. The number of benzene rings is 1. The third-order valence-corrected chi connectivity index (χ3v) is 3.22. The summed E-state index contributed by atoms with van der Waals surface area (Å²) >= 11 is 1.48. The first-order valence-electron chi connectivity index (χ1n) is 5.32. The maximum absolute atomic E-state index is 11.7. The summed E-state index contributed by atoms with van der Waals surface area (Å²) in [5, 5.41) is 2.75. The van der Waals surface area contributed by atoms with Gasteiger partial charge in [-0.15, -0.1) is 11.8 Å². The average Bonchev–Trinajstić information content (AvgIpc) is 2.20. The van der Waals surface area contributed by atoms with E-state index >= 15 is 0 Å². The highest BCUT2D eigenvalue weighted by Crippen LogP contribution is 2.28. The molecule has 0 aromatic heterocycles. The van der Waals surface area contributed by atoms with Crippen molar-refractivity contribution in [3.8, 4) is 0 Å². The van der Waals surface area contributed by atoms with Gasteiger partial charge in [-0.1, -0.05) is 12.1 Å². The quantitative estimate of drug-likeness (QED) is 0.625. The minimum atomic E-state index is -0.132. The number of nitrogen functional groups attached to an aromatic ring is 1. The number of amides is 1. The molecular weight excluding hydrogens is 220 g/mol. The van der Waals surface area contributed by atoms with Crippen LogP contribution in [0.3, 0.4) is 0 Å². The number of thioether (sulfide) groups is 1. The summed E-state index contributed by atoms with van der Waals surface area (Å²) < 4.78 is 0. The van der Waals surface area contributed by atoms with Crippen molar-refractivity contribution in [1.29, 1.82) is 0 Å².